The molecule has 0 aliphatic heterocycles. The van der Waals surface area contributed by atoms with E-state index in [4.69, 9.17) is 9.15 Å². The smallest absolute Gasteiger partial charge is 0.311 e. The van der Waals surface area contributed by atoms with Gasteiger partial charge in [0.1, 0.15) is 11.3 Å². The fourth-order valence-corrected chi connectivity index (χ4v) is 2.75. The summed E-state index contributed by atoms with van der Waals surface area (Å²) in [6, 6.07) is 11.4. The molecule has 3 aromatic rings. The van der Waals surface area contributed by atoms with Crippen molar-refractivity contribution in [1.82, 2.24) is 0 Å². The summed E-state index contributed by atoms with van der Waals surface area (Å²) < 4.78 is 10.6. The van der Waals surface area contributed by atoms with E-state index < -0.39 is 22.9 Å². The molecule has 1 atom stereocenters. The molecule has 0 saturated heterocycles. The van der Waals surface area contributed by atoms with Crippen molar-refractivity contribution in [3.63, 3.8) is 0 Å². The summed E-state index contributed by atoms with van der Waals surface area (Å²) in [7, 11) is 0. The Hall–Kier alpha value is -3.68. The van der Waals surface area contributed by atoms with Gasteiger partial charge in [0, 0.05) is 17.0 Å². The fourth-order valence-electron chi connectivity index (χ4n) is 2.75. The molecule has 144 valence electrons. The van der Waals surface area contributed by atoms with Crippen LogP contribution in [0.3, 0.4) is 0 Å². The first-order valence-electron chi connectivity index (χ1n) is 8.55. The molecule has 0 saturated carbocycles. The van der Waals surface area contributed by atoms with Crippen LogP contribution in [0.5, 0.6) is 0 Å². The van der Waals surface area contributed by atoms with Crippen LogP contribution in [0.4, 0.5) is 11.4 Å². The number of para-hydroxylation sites is 2. The number of furan rings is 1. The minimum absolute atomic E-state index is 0.0385. The van der Waals surface area contributed by atoms with Gasteiger partial charge in [-0.3, -0.25) is 19.7 Å². The number of nitro benzene ring substituents is 1. The Morgan fingerprint density at radius 1 is 1.25 bits per heavy atom. The summed E-state index contributed by atoms with van der Waals surface area (Å²) in [4.78, 5) is 34.9. The third kappa shape index (κ3) is 4.17. The van der Waals surface area contributed by atoms with Crippen molar-refractivity contribution in [3.8, 4) is 0 Å². The standard InChI is InChI=1S/C20H18N2O6/c1-12-7-8-15-14(11-27-18(15)9-12)10-19(23)28-13(2)20(24)21-16-5-3-4-6-17(16)22(25)26/h3-9,11,13H,10H2,1-2H3,(H,21,24)/t13-/m1/s1. The molecule has 0 unspecified atom stereocenters. The van der Waals surface area contributed by atoms with E-state index >= 15 is 0 Å². The van der Waals surface area contributed by atoms with Crippen LogP contribution in [0.2, 0.25) is 0 Å². The third-order valence-electron chi connectivity index (χ3n) is 4.18. The lowest BCUT2D eigenvalue weighted by atomic mass is 10.1. The van der Waals surface area contributed by atoms with E-state index in [2.05, 4.69) is 5.32 Å². The number of aryl methyl sites for hydroxylation is 1. The molecular formula is C20H18N2O6. The summed E-state index contributed by atoms with van der Waals surface area (Å²) >= 11 is 0. The molecule has 8 nitrogen and oxygen atoms in total. The predicted octanol–water partition coefficient (Wildman–Crippen LogP) is 3.76. The normalized spacial score (nSPS) is 11.8. The van der Waals surface area contributed by atoms with Crippen molar-refractivity contribution in [2.24, 2.45) is 0 Å². The second kappa shape index (κ2) is 7.91. The predicted molar refractivity (Wildman–Crippen MR) is 102 cm³/mol. The number of benzene rings is 2. The number of esters is 1. The summed E-state index contributed by atoms with van der Waals surface area (Å²) in [6.07, 6.45) is 0.315. The van der Waals surface area contributed by atoms with Crippen LogP contribution in [-0.4, -0.2) is 22.9 Å². The molecule has 1 aromatic heterocycles. The van der Waals surface area contributed by atoms with Crippen molar-refractivity contribution >= 4 is 34.2 Å². The number of carbonyl (C=O) groups is 2. The summed E-state index contributed by atoms with van der Waals surface area (Å²) in [6.45, 7) is 3.34. The third-order valence-corrected chi connectivity index (χ3v) is 4.18. The number of ether oxygens (including phenoxy) is 1. The SMILES string of the molecule is Cc1ccc2c(CC(=O)O[C@H](C)C(=O)Nc3ccccc3[N+](=O)[O-])coc2c1. The molecule has 8 heteroatoms. The molecule has 2 aromatic carbocycles. The van der Waals surface area contributed by atoms with Gasteiger partial charge in [-0.1, -0.05) is 24.3 Å². The van der Waals surface area contributed by atoms with Crippen LogP contribution in [0.15, 0.2) is 53.1 Å². The van der Waals surface area contributed by atoms with E-state index in [-0.39, 0.29) is 17.8 Å². The average molecular weight is 382 g/mol. The Labute approximate surface area is 160 Å². The quantitative estimate of drug-likeness (QED) is 0.395. The Morgan fingerprint density at radius 3 is 2.75 bits per heavy atom. The molecule has 0 spiro atoms. The summed E-state index contributed by atoms with van der Waals surface area (Å²) in [5, 5.41) is 14.2. The highest BCUT2D eigenvalue weighted by atomic mass is 16.6. The number of hydrogen-bond acceptors (Lipinski definition) is 6. The molecule has 28 heavy (non-hydrogen) atoms. The maximum Gasteiger partial charge on any atom is 0.311 e. The molecule has 3 rings (SSSR count). The zero-order valence-corrected chi connectivity index (χ0v) is 15.3. The van der Waals surface area contributed by atoms with Crippen molar-refractivity contribution in [1.29, 1.82) is 0 Å². The lowest BCUT2D eigenvalue weighted by Crippen LogP contribution is -2.30. The lowest BCUT2D eigenvalue weighted by Gasteiger charge is -2.13. The van der Waals surface area contributed by atoms with E-state index in [1.165, 1.54) is 31.4 Å². The van der Waals surface area contributed by atoms with Crippen LogP contribution in [0.1, 0.15) is 18.1 Å². The van der Waals surface area contributed by atoms with Gasteiger partial charge in [0.15, 0.2) is 6.10 Å². The minimum Gasteiger partial charge on any atom is -0.464 e. The van der Waals surface area contributed by atoms with Gasteiger partial charge in [-0.05, 0) is 31.5 Å². The number of carbonyl (C=O) groups excluding carboxylic acids is 2. The van der Waals surface area contributed by atoms with Crippen molar-refractivity contribution in [3.05, 3.63) is 70.0 Å². The molecule has 1 amide bonds. The van der Waals surface area contributed by atoms with Crippen LogP contribution in [0.25, 0.3) is 11.0 Å². The van der Waals surface area contributed by atoms with Gasteiger partial charge in [0.25, 0.3) is 11.6 Å². The number of amides is 1. The molecular weight excluding hydrogens is 364 g/mol. The molecule has 0 aliphatic rings. The molecule has 0 radical (unpaired) electrons. The fraction of sp³-hybridized carbons (Fsp3) is 0.200. The Bertz CT molecular complexity index is 1060. The number of rotatable bonds is 6. The van der Waals surface area contributed by atoms with Crippen molar-refractivity contribution in [2.75, 3.05) is 5.32 Å². The monoisotopic (exact) mass is 382 g/mol. The van der Waals surface area contributed by atoms with Crippen LogP contribution >= 0.6 is 0 Å². The largest absolute Gasteiger partial charge is 0.464 e. The summed E-state index contributed by atoms with van der Waals surface area (Å²) in [5.74, 6) is -1.26. The number of hydrogen-bond donors (Lipinski definition) is 1. The van der Waals surface area contributed by atoms with Crippen LogP contribution in [0, 0.1) is 17.0 Å². The van der Waals surface area contributed by atoms with Crippen molar-refractivity contribution < 1.29 is 23.7 Å². The zero-order chi connectivity index (χ0) is 20.3. The van der Waals surface area contributed by atoms with Gasteiger partial charge in [-0.2, -0.15) is 0 Å². The van der Waals surface area contributed by atoms with E-state index in [1.807, 2.05) is 25.1 Å². The first kappa shape index (κ1) is 19.1. The minimum atomic E-state index is -1.12. The highest BCUT2D eigenvalue weighted by molar-refractivity contribution is 5.97. The van der Waals surface area contributed by atoms with Crippen LogP contribution in [-0.2, 0) is 20.7 Å². The van der Waals surface area contributed by atoms with E-state index in [1.54, 1.807) is 6.07 Å². The van der Waals surface area contributed by atoms with E-state index in [9.17, 15) is 19.7 Å². The van der Waals surface area contributed by atoms with Gasteiger partial charge >= 0.3 is 5.97 Å². The second-order valence-corrected chi connectivity index (χ2v) is 6.33. The second-order valence-electron chi connectivity index (χ2n) is 6.33. The first-order chi connectivity index (χ1) is 13.3. The van der Waals surface area contributed by atoms with Crippen molar-refractivity contribution in [2.45, 2.75) is 26.4 Å². The van der Waals surface area contributed by atoms with Gasteiger partial charge < -0.3 is 14.5 Å². The number of nitro groups is 1. The first-order valence-corrected chi connectivity index (χ1v) is 8.55. The Morgan fingerprint density at radius 2 is 2.00 bits per heavy atom. The Kier molecular flexibility index (Phi) is 5.39. The molecule has 0 aliphatic carbocycles. The van der Waals surface area contributed by atoms with Gasteiger partial charge in [0.05, 0.1) is 17.6 Å². The number of nitrogens with zero attached hydrogens (tertiary/aromatic N) is 1. The Balaban J connectivity index is 1.63. The average Bonchev–Trinajstić information content (AvgIpc) is 3.03. The molecule has 0 bridgehead atoms. The van der Waals surface area contributed by atoms with Gasteiger partial charge in [0.2, 0.25) is 0 Å². The number of nitrogens with one attached hydrogen (secondary N) is 1. The van der Waals surface area contributed by atoms with Crippen LogP contribution < -0.4 is 5.32 Å². The highest BCUT2D eigenvalue weighted by Gasteiger charge is 2.22. The number of anilines is 1. The molecule has 1 N–H and O–H groups in total. The maximum atomic E-state index is 12.2. The molecule has 1 heterocycles. The summed E-state index contributed by atoms with van der Waals surface area (Å²) in [5.41, 5.74) is 2.17. The van der Waals surface area contributed by atoms with E-state index in [0.717, 1.165) is 10.9 Å². The topological polar surface area (TPSA) is 112 Å². The van der Waals surface area contributed by atoms with E-state index in [0.29, 0.717) is 11.1 Å². The highest BCUT2D eigenvalue weighted by Crippen LogP contribution is 2.24. The van der Waals surface area contributed by atoms with Gasteiger partial charge in [-0.25, -0.2) is 0 Å². The number of fused-ring (bicyclic) bond motifs is 1. The maximum absolute atomic E-state index is 12.2. The zero-order valence-electron chi connectivity index (χ0n) is 15.3. The molecule has 0 fully saturated rings. The van der Waals surface area contributed by atoms with Gasteiger partial charge in [-0.15, -0.1) is 0 Å². The lowest BCUT2D eigenvalue weighted by molar-refractivity contribution is -0.383.